The molecule has 2 amide bonds. The van der Waals surface area contributed by atoms with Crippen molar-refractivity contribution in [3.05, 3.63) is 34.9 Å². The molecule has 1 aliphatic rings. The van der Waals surface area contributed by atoms with E-state index in [0.29, 0.717) is 13.0 Å². The molecule has 3 N–H and O–H groups in total. The summed E-state index contributed by atoms with van der Waals surface area (Å²) in [6.45, 7) is 2.54. The molecule has 5 heteroatoms. The average Bonchev–Trinajstić information content (AvgIpc) is 2.39. The van der Waals surface area contributed by atoms with Crippen molar-refractivity contribution in [1.29, 1.82) is 0 Å². The van der Waals surface area contributed by atoms with E-state index >= 15 is 0 Å². The molecule has 0 radical (unpaired) electrons. The molecule has 0 unspecified atom stereocenters. The molecule has 0 aromatic heterocycles. The molecule has 2 rings (SSSR count). The number of rotatable bonds is 6. The van der Waals surface area contributed by atoms with Gasteiger partial charge in [-0.05, 0) is 37.8 Å². The van der Waals surface area contributed by atoms with Gasteiger partial charge in [0.25, 0.3) is 0 Å². The summed E-state index contributed by atoms with van der Waals surface area (Å²) in [4.78, 5) is 11.9. The van der Waals surface area contributed by atoms with Crippen LogP contribution in [0.25, 0.3) is 0 Å². The van der Waals surface area contributed by atoms with Crippen molar-refractivity contribution in [1.82, 2.24) is 10.6 Å². The second-order valence-corrected chi connectivity index (χ2v) is 6.26. The third-order valence-corrected chi connectivity index (χ3v) is 4.61. The van der Waals surface area contributed by atoms with Gasteiger partial charge in [0.05, 0.1) is 0 Å². The van der Waals surface area contributed by atoms with Crippen molar-refractivity contribution in [2.45, 2.75) is 44.1 Å². The Labute approximate surface area is 130 Å². The maximum absolute atomic E-state index is 11.9. The Morgan fingerprint density at radius 3 is 2.71 bits per heavy atom. The molecule has 0 spiro atoms. The fraction of sp³-hybridized carbons (Fsp3) is 0.562. The summed E-state index contributed by atoms with van der Waals surface area (Å²) in [5.41, 5.74) is 1.09. The van der Waals surface area contributed by atoms with E-state index in [1.54, 1.807) is 0 Å². The minimum atomic E-state index is -0.186. The van der Waals surface area contributed by atoms with Crippen LogP contribution in [-0.4, -0.2) is 30.3 Å². The van der Waals surface area contributed by atoms with Crippen LogP contribution in [-0.2, 0) is 5.41 Å². The molecule has 1 atom stereocenters. The zero-order valence-electron chi connectivity index (χ0n) is 12.4. The molecule has 0 heterocycles. The minimum Gasteiger partial charge on any atom is -0.396 e. The number of halogens is 1. The molecule has 1 aliphatic carbocycles. The van der Waals surface area contributed by atoms with Gasteiger partial charge in [0.15, 0.2) is 0 Å². The Hall–Kier alpha value is -1.26. The highest BCUT2D eigenvalue weighted by Crippen LogP contribution is 2.45. The third kappa shape index (κ3) is 3.89. The average molecular weight is 311 g/mol. The van der Waals surface area contributed by atoms with Gasteiger partial charge in [0, 0.05) is 29.6 Å². The van der Waals surface area contributed by atoms with E-state index in [2.05, 4.69) is 16.7 Å². The maximum atomic E-state index is 11.9. The Morgan fingerprint density at radius 2 is 2.14 bits per heavy atom. The van der Waals surface area contributed by atoms with Crippen molar-refractivity contribution < 1.29 is 9.90 Å². The van der Waals surface area contributed by atoms with Crippen LogP contribution in [0, 0.1) is 0 Å². The molecular weight excluding hydrogens is 288 g/mol. The van der Waals surface area contributed by atoms with Gasteiger partial charge in [-0.15, -0.1) is 0 Å². The molecule has 1 saturated carbocycles. The Bertz CT molecular complexity index is 489. The monoisotopic (exact) mass is 310 g/mol. The molecular formula is C16H23ClN2O2. The van der Waals surface area contributed by atoms with Crippen LogP contribution in [0.2, 0.25) is 5.02 Å². The Balaban J connectivity index is 1.94. The lowest BCUT2D eigenvalue weighted by Crippen LogP contribution is -2.49. The predicted molar refractivity (Wildman–Crippen MR) is 84.7 cm³/mol. The van der Waals surface area contributed by atoms with Crippen LogP contribution in [0.4, 0.5) is 4.79 Å². The minimum absolute atomic E-state index is 0.0318. The van der Waals surface area contributed by atoms with Crippen molar-refractivity contribution in [2.75, 3.05) is 13.2 Å². The van der Waals surface area contributed by atoms with Crippen LogP contribution >= 0.6 is 11.6 Å². The zero-order valence-corrected chi connectivity index (χ0v) is 13.1. The van der Waals surface area contributed by atoms with Gasteiger partial charge in [-0.25, -0.2) is 4.79 Å². The van der Waals surface area contributed by atoms with Gasteiger partial charge in [-0.2, -0.15) is 0 Å². The number of carbonyl (C=O) groups excluding carboxylic acids is 1. The quantitative estimate of drug-likeness (QED) is 0.756. The summed E-state index contributed by atoms with van der Waals surface area (Å²) >= 11 is 6.31. The molecule has 0 aliphatic heterocycles. The first kappa shape index (κ1) is 16.1. The SMILES string of the molecule is C[C@H](CCO)NC(=O)NCC1(c2ccccc2Cl)CCC1. The van der Waals surface area contributed by atoms with Crippen LogP contribution in [0.15, 0.2) is 24.3 Å². The number of hydrogen-bond acceptors (Lipinski definition) is 2. The second-order valence-electron chi connectivity index (χ2n) is 5.85. The van der Waals surface area contributed by atoms with Gasteiger partial charge >= 0.3 is 6.03 Å². The molecule has 1 aromatic rings. The van der Waals surface area contributed by atoms with Crippen molar-refractivity contribution in [3.63, 3.8) is 0 Å². The van der Waals surface area contributed by atoms with E-state index in [0.717, 1.165) is 29.8 Å². The van der Waals surface area contributed by atoms with Crippen LogP contribution in [0.5, 0.6) is 0 Å². The highest BCUT2D eigenvalue weighted by Gasteiger charge is 2.40. The smallest absolute Gasteiger partial charge is 0.315 e. The van der Waals surface area contributed by atoms with Gasteiger partial charge in [-0.1, -0.05) is 36.2 Å². The zero-order chi connectivity index (χ0) is 15.3. The first-order valence-electron chi connectivity index (χ1n) is 7.48. The fourth-order valence-electron chi connectivity index (χ4n) is 2.83. The van der Waals surface area contributed by atoms with Gasteiger partial charge in [0.1, 0.15) is 0 Å². The number of aliphatic hydroxyl groups is 1. The van der Waals surface area contributed by atoms with Crippen molar-refractivity contribution in [2.24, 2.45) is 0 Å². The first-order chi connectivity index (χ1) is 10.1. The van der Waals surface area contributed by atoms with Crippen LogP contribution < -0.4 is 10.6 Å². The maximum Gasteiger partial charge on any atom is 0.315 e. The van der Waals surface area contributed by atoms with Gasteiger partial charge < -0.3 is 15.7 Å². The number of amides is 2. The van der Waals surface area contributed by atoms with Gasteiger partial charge in [-0.3, -0.25) is 0 Å². The number of benzene rings is 1. The lowest BCUT2D eigenvalue weighted by atomic mass is 9.64. The number of carbonyl (C=O) groups is 1. The highest BCUT2D eigenvalue weighted by molar-refractivity contribution is 6.31. The number of hydrogen-bond donors (Lipinski definition) is 3. The summed E-state index contributed by atoms with van der Waals surface area (Å²) < 4.78 is 0. The highest BCUT2D eigenvalue weighted by atomic mass is 35.5. The first-order valence-corrected chi connectivity index (χ1v) is 7.85. The van der Waals surface area contributed by atoms with E-state index in [1.807, 2.05) is 25.1 Å². The number of nitrogens with one attached hydrogen (secondary N) is 2. The summed E-state index contributed by atoms with van der Waals surface area (Å²) in [5, 5.41) is 15.4. The molecule has 0 saturated heterocycles. The normalized spacial score (nSPS) is 17.7. The summed E-state index contributed by atoms with van der Waals surface area (Å²) in [5.74, 6) is 0. The van der Waals surface area contributed by atoms with Crippen LogP contribution in [0.3, 0.4) is 0 Å². The summed E-state index contributed by atoms with van der Waals surface area (Å²) in [6.07, 6.45) is 3.81. The van der Waals surface area contributed by atoms with Crippen LogP contribution in [0.1, 0.15) is 38.2 Å². The van der Waals surface area contributed by atoms with E-state index in [1.165, 1.54) is 0 Å². The molecule has 1 fully saturated rings. The lowest BCUT2D eigenvalue weighted by Gasteiger charge is -2.43. The topological polar surface area (TPSA) is 61.4 Å². The number of urea groups is 1. The third-order valence-electron chi connectivity index (χ3n) is 4.28. The molecule has 0 bridgehead atoms. The Morgan fingerprint density at radius 1 is 1.43 bits per heavy atom. The van der Waals surface area contributed by atoms with E-state index in [4.69, 9.17) is 16.7 Å². The fourth-order valence-corrected chi connectivity index (χ4v) is 3.16. The van der Waals surface area contributed by atoms with Gasteiger partial charge in [0.2, 0.25) is 0 Å². The standard InChI is InChI=1S/C16H23ClN2O2/c1-12(7-10-20)19-15(21)18-11-16(8-4-9-16)13-5-2-3-6-14(13)17/h2-3,5-6,12,20H,4,7-11H2,1H3,(H2,18,19,21)/t12-/m1/s1. The lowest BCUT2D eigenvalue weighted by molar-refractivity contribution is 0.210. The van der Waals surface area contributed by atoms with Crippen molar-refractivity contribution in [3.8, 4) is 0 Å². The summed E-state index contributed by atoms with van der Waals surface area (Å²) in [6, 6.07) is 7.65. The molecule has 116 valence electrons. The summed E-state index contributed by atoms with van der Waals surface area (Å²) in [7, 11) is 0. The second kappa shape index (κ2) is 7.14. The Kier molecular flexibility index (Phi) is 5.48. The molecule has 21 heavy (non-hydrogen) atoms. The van der Waals surface area contributed by atoms with Crippen molar-refractivity contribution >= 4 is 17.6 Å². The largest absolute Gasteiger partial charge is 0.396 e. The predicted octanol–water partition coefficient (Wildman–Crippen LogP) is 2.83. The number of aliphatic hydroxyl groups excluding tert-OH is 1. The van der Waals surface area contributed by atoms with E-state index < -0.39 is 0 Å². The molecule has 4 nitrogen and oxygen atoms in total. The van der Waals surface area contributed by atoms with E-state index in [9.17, 15) is 4.79 Å². The van der Waals surface area contributed by atoms with E-state index in [-0.39, 0.29) is 24.1 Å². The molecule has 1 aromatic carbocycles.